The summed E-state index contributed by atoms with van der Waals surface area (Å²) in [6.45, 7) is 0.879. The Morgan fingerprint density at radius 3 is 2.74 bits per heavy atom. The summed E-state index contributed by atoms with van der Waals surface area (Å²) in [6.07, 6.45) is 3.07. The normalized spacial score (nSPS) is 21.7. The lowest BCUT2D eigenvalue weighted by Crippen LogP contribution is -2.25. The maximum Gasteiger partial charge on any atom is 0.339 e. The number of amides is 1. The van der Waals surface area contributed by atoms with Crippen LogP contribution in [0.1, 0.15) is 51.5 Å². The van der Waals surface area contributed by atoms with Crippen LogP contribution in [-0.4, -0.2) is 23.6 Å². The molecule has 1 aromatic carbocycles. The number of carbonyl (C=O) groups excluding carboxylic acids is 1. The summed E-state index contributed by atoms with van der Waals surface area (Å²) in [7, 11) is 0. The Labute approximate surface area is 160 Å². The second-order valence-corrected chi connectivity index (χ2v) is 8.11. The van der Waals surface area contributed by atoms with E-state index in [2.05, 4.69) is 5.32 Å². The van der Waals surface area contributed by atoms with Crippen LogP contribution >= 0.6 is 11.3 Å². The molecule has 0 bridgehead atoms. The van der Waals surface area contributed by atoms with Gasteiger partial charge in [-0.05, 0) is 48.4 Å². The Hall–Kier alpha value is -2.25. The van der Waals surface area contributed by atoms with Gasteiger partial charge in [0.15, 0.2) is 0 Å². The lowest BCUT2D eigenvalue weighted by Gasteiger charge is -2.19. The van der Waals surface area contributed by atoms with E-state index >= 15 is 0 Å². The Morgan fingerprint density at radius 2 is 2.00 bits per heavy atom. The van der Waals surface area contributed by atoms with E-state index in [1.807, 2.05) is 0 Å². The summed E-state index contributed by atoms with van der Waals surface area (Å²) in [5.41, 5.74) is 1.92. The first-order chi connectivity index (χ1) is 13.0. The molecule has 1 saturated carbocycles. The molecule has 142 valence electrons. The van der Waals surface area contributed by atoms with Crippen LogP contribution < -0.4 is 5.32 Å². The molecule has 2 aliphatic rings. The largest absolute Gasteiger partial charge is 0.478 e. The van der Waals surface area contributed by atoms with Crippen LogP contribution in [-0.2, 0) is 22.6 Å². The molecule has 2 heterocycles. The number of rotatable bonds is 4. The number of aromatic carboxylic acids is 1. The molecule has 1 aromatic heterocycles. The average molecular weight is 389 g/mol. The molecule has 2 atom stereocenters. The van der Waals surface area contributed by atoms with E-state index < -0.39 is 5.97 Å². The summed E-state index contributed by atoms with van der Waals surface area (Å²) in [6, 6.07) is 6.29. The van der Waals surface area contributed by atoms with Crippen LogP contribution in [0, 0.1) is 11.7 Å². The second-order valence-electron chi connectivity index (χ2n) is 7.00. The van der Waals surface area contributed by atoms with E-state index in [4.69, 9.17) is 4.74 Å². The molecule has 2 aromatic rings. The molecule has 27 heavy (non-hydrogen) atoms. The number of anilines is 1. The summed E-state index contributed by atoms with van der Waals surface area (Å²) in [5.74, 6) is -1.70. The molecule has 0 radical (unpaired) electrons. The van der Waals surface area contributed by atoms with Crippen LogP contribution in [0.3, 0.4) is 0 Å². The lowest BCUT2D eigenvalue weighted by molar-refractivity contribution is -0.120. The van der Waals surface area contributed by atoms with Crippen molar-refractivity contribution in [2.75, 3.05) is 11.9 Å². The Kier molecular flexibility index (Phi) is 4.97. The number of carboxylic acids is 1. The number of benzene rings is 1. The fourth-order valence-electron chi connectivity index (χ4n) is 4.13. The lowest BCUT2D eigenvalue weighted by atomic mass is 9.88. The minimum absolute atomic E-state index is 0.0248. The minimum Gasteiger partial charge on any atom is -0.478 e. The fraction of sp³-hybridized carbons (Fsp3) is 0.400. The number of ether oxygens (including phenoxy) is 1. The van der Waals surface area contributed by atoms with Gasteiger partial charge in [-0.2, -0.15) is 0 Å². The highest BCUT2D eigenvalue weighted by molar-refractivity contribution is 7.17. The molecule has 2 N–H and O–H groups in total. The maximum absolute atomic E-state index is 13.2. The van der Waals surface area contributed by atoms with Crippen molar-refractivity contribution in [3.8, 4) is 0 Å². The highest BCUT2D eigenvalue weighted by Crippen LogP contribution is 2.42. The van der Waals surface area contributed by atoms with Crippen molar-refractivity contribution < 1.29 is 23.8 Å². The molecule has 0 saturated heterocycles. The van der Waals surface area contributed by atoms with Crippen molar-refractivity contribution in [3.63, 3.8) is 0 Å². The third-order valence-corrected chi connectivity index (χ3v) is 6.54. The molecule has 1 aliphatic carbocycles. The molecule has 4 rings (SSSR count). The summed E-state index contributed by atoms with van der Waals surface area (Å²) in [5, 5.41) is 12.9. The van der Waals surface area contributed by atoms with Crippen LogP contribution in [0.2, 0.25) is 0 Å². The molecule has 5 nitrogen and oxygen atoms in total. The van der Waals surface area contributed by atoms with Gasteiger partial charge in [0, 0.05) is 10.8 Å². The summed E-state index contributed by atoms with van der Waals surface area (Å²) < 4.78 is 18.6. The number of halogens is 1. The highest BCUT2D eigenvalue weighted by atomic mass is 32.1. The first-order valence-corrected chi connectivity index (χ1v) is 9.88. The second kappa shape index (κ2) is 7.40. The van der Waals surface area contributed by atoms with Gasteiger partial charge < -0.3 is 15.2 Å². The number of hydrogen-bond acceptors (Lipinski definition) is 4. The number of carboxylic acid groups (broad SMARTS) is 1. The molecular formula is C20H20FNO4S. The molecule has 1 fully saturated rings. The van der Waals surface area contributed by atoms with E-state index in [9.17, 15) is 19.1 Å². The number of fused-ring (bicyclic) bond motifs is 1. The van der Waals surface area contributed by atoms with Crippen molar-refractivity contribution >= 4 is 28.2 Å². The van der Waals surface area contributed by atoms with E-state index in [0.29, 0.717) is 24.6 Å². The molecule has 0 spiro atoms. The number of thiophene rings is 1. The zero-order valence-electron chi connectivity index (χ0n) is 14.7. The van der Waals surface area contributed by atoms with Gasteiger partial charge in [-0.15, -0.1) is 11.3 Å². The van der Waals surface area contributed by atoms with Crippen LogP contribution in [0.15, 0.2) is 24.3 Å². The standard InChI is InChI=1S/C20H20FNO4S/c21-12-6-4-11(5-7-12)13-2-1-3-14(13)18(23)22-19-17(20(24)25)15-8-9-26-10-16(15)27-19/h4-7,13-14H,1-3,8-10H2,(H,22,23)(H,24,25). The highest BCUT2D eigenvalue weighted by Gasteiger charge is 2.35. The fourth-order valence-corrected chi connectivity index (χ4v) is 5.31. The van der Waals surface area contributed by atoms with Gasteiger partial charge in [0.2, 0.25) is 5.91 Å². The topological polar surface area (TPSA) is 75.6 Å². The zero-order chi connectivity index (χ0) is 19.0. The third kappa shape index (κ3) is 3.49. The van der Waals surface area contributed by atoms with Gasteiger partial charge in [0.05, 0.1) is 18.8 Å². The van der Waals surface area contributed by atoms with Gasteiger partial charge in [0.25, 0.3) is 0 Å². The maximum atomic E-state index is 13.2. The Bertz CT molecular complexity index is 877. The van der Waals surface area contributed by atoms with Crippen LogP contribution in [0.5, 0.6) is 0 Å². The van der Waals surface area contributed by atoms with E-state index in [-0.39, 0.29) is 29.1 Å². The predicted molar refractivity (Wildman–Crippen MR) is 99.8 cm³/mol. The molecule has 1 amide bonds. The Balaban J connectivity index is 1.57. The van der Waals surface area contributed by atoms with Gasteiger partial charge >= 0.3 is 5.97 Å². The number of nitrogens with one attached hydrogen (secondary N) is 1. The predicted octanol–water partition coefficient (Wildman–Crippen LogP) is 4.18. The molecule has 1 aliphatic heterocycles. The SMILES string of the molecule is O=C(O)c1c(NC(=O)C2CCCC2c2ccc(F)cc2)sc2c1CCOC2. The van der Waals surface area contributed by atoms with E-state index in [0.717, 1.165) is 35.3 Å². The zero-order valence-corrected chi connectivity index (χ0v) is 15.5. The first-order valence-electron chi connectivity index (χ1n) is 9.06. The van der Waals surface area contributed by atoms with Crippen molar-refractivity contribution in [1.29, 1.82) is 0 Å². The van der Waals surface area contributed by atoms with Gasteiger partial charge in [-0.1, -0.05) is 18.6 Å². The third-order valence-electron chi connectivity index (χ3n) is 5.42. The Morgan fingerprint density at radius 1 is 1.22 bits per heavy atom. The number of hydrogen-bond donors (Lipinski definition) is 2. The van der Waals surface area contributed by atoms with Gasteiger partial charge in [-0.3, -0.25) is 4.79 Å². The number of carbonyl (C=O) groups is 2. The first kappa shape index (κ1) is 18.1. The quantitative estimate of drug-likeness (QED) is 0.823. The summed E-state index contributed by atoms with van der Waals surface area (Å²) >= 11 is 1.29. The van der Waals surface area contributed by atoms with Crippen molar-refractivity contribution in [1.82, 2.24) is 0 Å². The smallest absolute Gasteiger partial charge is 0.339 e. The molecule has 7 heteroatoms. The van der Waals surface area contributed by atoms with Crippen molar-refractivity contribution in [2.24, 2.45) is 5.92 Å². The van der Waals surface area contributed by atoms with Crippen LogP contribution in [0.4, 0.5) is 9.39 Å². The monoisotopic (exact) mass is 389 g/mol. The van der Waals surface area contributed by atoms with Crippen molar-refractivity contribution in [2.45, 2.75) is 38.2 Å². The summed E-state index contributed by atoms with van der Waals surface area (Å²) in [4.78, 5) is 25.6. The van der Waals surface area contributed by atoms with E-state index in [1.54, 1.807) is 12.1 Å². The molecular weight excluding hydrogens is 369 g/mol. The van der Waals surface area contributed by atoms with Crippen LogP contribution in [0.25, 0.3) is 0 Å². The van der Waals surface area contributed by atoms with Gasteiger partial charge in [0.1, 0.15) is 10.8 Å². The average Bonchev–Trinajstić information content (AvgIpc) is 3.26. The minimum atomic E-state index is -1.02. The van der Waals surface area contributed by atoms with E-state index in [1.165, 1.54) is 23.5 Å². The molecule has 2 unspecified atom stereocenters. The van der Waals surface area contributed by atoms with Crippen molar-refractivity contribution in [3.05, 3.63) is 51.7 Å². The van der Waals surface area contributed by atoms with Gasteiger partial charge in [-0.25, -0.2) is 9.18 Å².